The van der Waals surface area contributed by atoms with Gasteiger partial charge in [0.25, 0.3) is 10.0 Å². The zero-order chi connectivity index (χ0) is 35.1. The Morgan fingerprint density at radius 1 is 0.796 bits per heavy atom. The van der Waals surface area contributed by atoms with E-state index in [1.165, 1.54) is 29.2 Å². The molecule has 4 aromatic carbocycles. The standard InChI is InChI=1S/C37H37Cl4N3O4S/c1-25-15-18-29(19-16-25)49(47,48)44(33-14-8-13-31(39)36(33)41)24-35(45)43(23-27-17-20-30(38)32(40)21-27)34(22-26-9-4-2-5-10-26)37(46)42-28-11-6-3-7-12-28/h2,4-5,8-10,13-21,28,34H,3,6-7,11-12,22-24H2,1H3,(H,42,46)/t34-/m0/s1. The molecule has 1 N–H and O–H groups in total. The molecule has 0 heterocycles. The first-order valence-electron chi connectivity index (χ1n) is 16.0. The van der Waals surface area contributed by atoms with E-state index in [1.54, 1.807) is 36.4 Å². The molecular weight excluding hydrogens is 724 g/mol. The maximum Gasteiger partial charge on any atom is 0.264 e. The van der Waals surface area contributed by atoms with Gasteiger partial charge in [0.15, 0.2) is 0 Å². The van der Waals surface area contributed by atoms with Gasteiger partial charge in [-0.25, -0.2) is 8.42 Å². The van der Waals surface area contributed by atoms with Gasteiger partial charge in [-0.3, -0.25) is 13.9 Å². The van der Waals surface area contributed by atoms with Crippen LogP contribution in [0.2, 0.25) is 20.1 Å². The van der Waals surface area contributed by atoms with Crippen molar-refractivity contribution in [3.05, 3.63) is 128 Å². The largest absolute Gasteiger partial charge is 0.352 e. The highest BCUT2D eigenvalue weighted by Gasteiger charge is 2.36. The Balaban J connectivity index is 1.60. The van der Waals surface area contributed by atoms with Gasteiger partial charge in [-0.1, -0.05) is 126 Å². The van der Waals surface area contributed by atoms with Gasteiger partial charge < -0.3 is 10.2 Å². The van der Waals surface area contributed by atoms with Gasteiger partial charge in [-0.2, -0.15) is 0 Å². The van der Waals surface area contributed by atoms with E-state index >= 15 is 0 Å². The van der Waals surface area contributed by atoms with Crippen molar-refractivity contribution in [1.29, 1.82) is 0 Å². The minimum absolute atomic E-state index is 0.0230. The summed E-state index contributed by atoms with van der Waals surface area (Å²) in [6.45, 7) is 1.13. The zero-order valence-corrected chi connectivity index (χ0v) is 30.8. The summed E-state index contributed by atoms with van der Waals surface area (Å²) in [5, 5.41) is 3.91. The number of hydrogen-bond acceptors (Lipinski definition) is 4. The molecular formula is C37H37Cl4N3O4S. The maximum absolute atomic E-state index is 14.7. The van der Waals surface area contributed by atoms with Crippen LogP contribution in [0.1, 0.15) is 48.8 Å². The smallest absolute Gasteiger partial charge is 0.264 e. The fourth-order valence-electron chi connectivity index (χ4n) is 5.97. The van der Waals surface area contributed by atoms with Crippen LogP contribution < -0.4 is 9.62 Å². The molecule has 1 aliphatic rings. The van der Waals surface area contributed by atoms with Crippen LogP contribution in [0.15, 0.2) is 95.9 Å². The van der Waals surface area contributed by atoms with Gasteiger partial charge in [0.05, 0.1) is 30.7 Å². The number of nitrogens with one attached hydrogen (secondary N) is 1. The number of halogens is 4. The number of sulfonamides is 1. The van der Waals surface area contributed by atoms with Crippen molar-refractivity contribution >= 4 is 73.9 Å². The number of amides is 2. The first-order chi connectivity index (χ1) is 23.4. The van der Waals surface area contributed by atoms with Crippen LogP contribution in [0.4, 0.5) is 5.69 Å². The Hall–Kier alpha value is -3.27. The topological polar surface area (TPSA) is 86.8 Å². The van der Waals surface area contributed by atoms with Crippen LogP contribution in [0, 0.1) is 6.92 Å². The van der Waals surface area contributed by atoms with Crippen LogP contribution in [0.3, 0.4) is 0 Å². The molecule has 49 heavy (non-hydrogen) atoms. The fraction of sp³-hybridized carbons (Fsp3) is 0.297. The number of benzene rings is 4. The second kappa shape index (κ2) is 16.6. The van der Waals surface area contributed by atoms with Crippen molar-refractivity contribution in [2.75, 3.05) is 10.8 Å². The van der Waals surface area contributed by atoms with Crippen molar-refractivity contribution in [2.24, 2.45) is 0 Å². The first-order valence-corrected chi connectivity index (χ1v) is 19.0. The molecule has 2 amide bonds. The summed E-state index contributed by atoms with van der Waals surface area (Å²) in [6, 6.07) is 24.3. The van der Waals surface area contributed by atoms with Crippen LogP contribution >= 0.6 is 46.4 Å². The molecule has 1 saturated carbocycles. The molecule has 0 radical (unpaired) electrons. The lowest BCUT2D eigenvalue weighted by atomic mass is 9.94. The van der Waals surface area contributed by atoms with E-state index < -0.39 is 28.5 Å². The third-order valence-corrected chi connectivity index (χ3v) is 12.0. The number of aryl methyl sites for hydroxylation is 1. The van der Waals surface area contributed by atoms with Gasteiger partial charge in [0.2, 0.25) is 11.8 Å². The van der Waals surface area contributed by atoms with Gasteiger partial charge in [0, 0.05) is 19.0 Å². The molecule has 0 aromatic heterocycles. The molecule has 4 aromatic rings. The lowest BCUT2D eigenvalue weighted by Crippen LogP contribution is -2.55. The monoisotopic (exact) mass is 759 g/mol. The summed E-state index contributed by atoms with van der Waals surface area (Å²) in [7, 11) is -4.35. The van der Waals surface area contributed by atoms with E-state index in [9.17, 15) is 18.0 Å². The maximum atomic E-state index is 14.7. The second-order valence-electron chi connectivity index (χ2n) is 12.2. The highest BCUT2D eigenvalue weighted by Crippen LogP contribution is 2.36. The predicted molar refractivity (Wildman–Crippen MR) is 198 cm³/mol. The molecule has 7 nitrogen and oxygen atoms in total. The van der Waals surface area contributed by atoms with E-state index in [2.05, 4.69) is 5.32 Å². The lowest BCUT2D eigenvalue weighted by Gasteiger charge is -2.35. The first kappa shape index (κ1) is 37.0. The normalized spacial score (nSPS) is 14.2. The second-order valence-corrected chi connectivity index (χ2v) is 15.7. The van der Waals surface area contributed by atoms with E-state index in [1.807, 2.05) is 37.3 Å². The average Bonchev–Trinajstić information content (AvgIpc) is 3.09. The molecule has 0 spiro atoms. The average molecular weight is 762 g/mol. The summed E-state index contributed by atoms with van der Waals surface area (Å²) in [5.74, 6) is -0.949. The Bertz CT molecular complexity index is 1890. The van der Waals surface area contributed by atoms with E-state index in [-0.39, 0.29) is 50.6 Å². The molecule has 5 rings (SSSR count). The quantitative estimate of drug-likeness (QED) is 0.156. The van der Waals surface area contributed by atoms with Crippen molar-refractivity contribution < 1.29 is 18.0 Å². The zero-order valence-electron chi connectivity index (χ0n) is 26.9. The molecule has 1 fully saturated rings. The number of anilines is 1. The minimum atomic E-state index is -4.35. The van der Waals surface area contributed by atoms with Crippen molar-refractivity contribution in [3.63, 3.8) is 0 Å². The van der Waals surface area contributed by atoms with E-state index in [4.69, 9.17) is 46.4 Å². The number of carbonyl (C=O) groups excluding carboxylic acids is 2. The van der Waals surface area contributed by atoms with Crippen molar-refractivity contribution in [2.45, 2.75) is 69.0 Å². The Labute approximate surface area is 308 Å². The summed E-state index contributed by atoms with van der Waals surface area (Å²) in [6.07, 6.45) is 5.01. The molecule has 0 saturated heterocycles. The van der Waals surface area contributed by atoms with Gasteiger partial charge in [-0.15, -0.1) is 0 Å². The van der Waals surface area contributed by atoms with Crippen molar-refractivity contribution in [3.8, 4) is 0 Å². The fourth-order valence-corrected chi connectivity index (χ4v) is 8.16. The Morgan fingerprint density at radius 2 is 1.49 bits per heavy atom. The third kappa shape index (κ3) is 9.30. The van der Waals surface area contributed by atoms with Gasteiger partial charge in [0.1, 0.15) is 12.6 Å². The number of nitrogens with zero attached hydrogens (tertiary/aromatic N) is 2. The Morgan fingerprint density at radius 3 is 2.16 bits per heavy atom. The third-order valence-electron chi connectivity index (χ3n) is 8.65. The van der Waals surface area contributed by atoms with E-state index in [0.717, 1.165) is 47.5 Å². The summed E-state index contributed by atoms with van der Waals surface area (Å²) < 4.78 is 29.6. The van der Waals surface area contributed by atoms with Crippen LogP contribution in [-0.2, 0) is 32.6 Å². The highest BCUT2D eigenvalue weighted by atomic mass is 35.5. The lowest BCUT2D eigenvalue weighted by molar-refractivity contribution is -0.140. The predicted octanol–water partition coefficient (Wildman–Crippen LogP) is 8.89. The van der Waals surface area contributed by atoms with Crippen LogP contribution in [0.5, 0.6) is 0 Å². The molecule has 0 unspecified atom stereocenters. The molecule has 0 bridgehead atoms. The van der Waals surface area contributed by atoms with Crippen LogP contribution in [-0.4, -0.2) is 43.8 Å². The minimum Gasteiger partial charge on any atom is -0.352 e. The molecule has 12 heteroatoms. The Kier molecular flexibility index (Phi) is 12.6. The summed E-state index contributed by atoms with van der Waals surface area (Å²) >= 11 is 25.6. The molecule has 1 atom stereocenters. The molecule has 258 valence electrons. The molecule has 1 aliphatic carbocycles. The van der Waals surface area contributed by atoms with E-state index in [0.29, 0.717) is 10.6 Å². The molecule has 0 aliphatic heterocycles. The number of rotatable bonds is 12. The SMILES string of the molecule is Cc1ccc(S(=O)(=O)N(CC(=O)N(Cc2ccc(Cl)c(Cl)c2)[C@@H](Cc2ccccc2)C(=O)NC2CCCCC2)c2cccc(Cl)c2Cl)cc1. The summed E-state index contributed by atoms with van der Waals surface area (Å²) in [4.78, 5) is 30.4. The van der Waals surface area contributed by atoms with Crippen molar-refractivity contribution in [1.82, 2.24) is 10.2 Å². The highest BCUT2D eigenvalue weighted by molar-refractivity contribution is 7.92. The number of carbonyl (C=O) groups is 2. The number of hydrogen-bond donors (Lipinski definition) is 1. The van der Waals surface area contributed by atoms with Gasteiger partial charge in [-0.05, 0) is 67.3 Å². The van der Waals surface area contributed by atoms with Gasteiger partial charge >= 0.3 is 0 Å². The van der Waals surface area contributed by atoms with Crippen LogP contribution in [0.25, 0.3) is 0 Å². The summed E-state index contributed by atoms with van der Waals surface area (Å²) in [5.41, 5.74) is 2.34.